The number of nitrogen functional groups attached to an aromatic ring is 1. The lowest BCUT2D eigenvalue weighted by molar-refractivity contribution is -0.120. The number of aromatic nitrogens is 1. The third-order valence-corrected chi connectivity index (χ3v) is 7.01. The van der Waals surface area contributed by atoms with Gasteiger partial charge in [0.2, 0.25) is 0 Å². The van der Waals surface area contributed by atoms with Crippen LogP contribution in [0.3, 0.4) is 0 Å². The quantitative estimate of drug-likeness (QED) is 0.393. The molecule has 9 nitrogen and oxygen atoms in total. The molecule has 3 N–H and O–H groups in total. The summed E-state index contributed by atoms with van der Waals surface area (Å²) in [6.07, 6.45) is 3.63. The summed E-state index contributed by atoms with van der Waals surface area (Å²) in [4.78, 5) is 31.2. The van der Waals surface area contributed by atoms with Crippen molar-refractivity contribution in [3.05, 3.63) is 53.9 Å². The van der Waals surface area contributed by atoms with Crippen molar-refractivity contribution >= 4 is 33.3 Å². The third-order valence-electron chi connectivity index (χ3n) is 5.50. The minimum atomic E-state index is -5.56. The number of halogens is 3. The van der Waals surface area contributed by atoms with Gasteiger partial charge in [-0.3, -0.25) is 15.2 Å². The molecule has 1 saturated heterocycles. The van der Waals surface area contributed by atoms with Gasteiger partial charge in [-0.1, -0.05) is 0 Å². The van der Waals surface area contributed by atoms with Crippen LogP contribution in [0.25, 0.3) is 0 Å². The van der Waals surface area contributed by atoms with E-state index in [0.29, 0.717) is 36.1 Å². The molecule has 1 saturated carbocycles. The molecule has 1 aliphatic carbocycles. The van der Waals surface area contributed by atoms with E-state index in [-0.39, 0.29) is 18.1 Å². The summed E-state index contributed by atoms with van der Waals surface area (Å²) in [7, 11) is -5.56. The van der Waals surface area contributed by atoms with Gasteiger partial charge in [0.05, 0.1) is 10.6 Å². The molecular weight excluding hydrogens is 451 g/mol. The molecule has 3 amide bonds. The van der Waals surface area contributed by atoms with E-state index in [1.54, 1.807) is 6.07 Å². The number of pyridine rings is 1. The van der Waals surface area contributed by atoms with E-state index in [1.165, 1.54) is 17.3 Å². The Morgan fingerprint density at radius 3 is 2.31 bits per heavy atom. The lowest BCUT2D eigenvalue weighted by atomic mass is 10.1. The molecule has 1 aromatic heterocycles. The van der Waals surface area contributed by atoms with Crippen LogP contribution in [-0.4, -0.2) is 47.1 Å². The van der Waals surface area contributed by atoms with E-state index in [1.807, 2.05) is 0 Å². The number of amidine groups is 1. The number of hydrogen-bond donors (Lipinski definition) is 2. The molecule has 168 valence electrons. The van der Waals surface area contributed by atoms with Crippen molar-refractivity contribution in [3.8, 4) is 0 Å². The van der Waals surface area contributed by atoms with Gasteiger partial charge < -0.3 is 10.6 Å². The summed E-state index contributed by atoms with van der Waals surface area (Å²) >= 11 is 0. The zero-order valence-corrected chi connectivity index (χ0v) is 17.1. The fourth-order valence-electron chi connectivity index (χ4n) is 3.65. The minimum absolute atomic E-state index is 0.0287. The van der Waals surface area contributed by atoms with E-state index in [9.17, 15) is 31.2 Å². The van der Waals surface area contributed by atoms with Crippen molar-refractivity contribution in [2.45, 2.75) is 35.3 Å². The highest BCUT2D eigenvalue weighted by molar-refractivity contribution is 7.92. The second-order valence-electron chi connectivity index (χ2n) is 7.43. The molecule has 1 spiro atoms. The summed E-state index contributed by atoms with van der Waals surface area (Å²) in [5, 5.41) is 7.67. The largest absolute Gasteiger partial charge is 0.501 e. The molecule has 0 unspecified atom stereocenters. The number of carbonyl (C=O) groups excluding carboxylic acids is 2. The predicted octanol–water partition coefficient (Wildman–Crippen LogP) is 2.16. The Bertz CT molecular complexity index is 1240. The molecule has 1 aliphatic heterocycles. The number of nitrogens with one attached hydrogen (secondary N) is 1. The third kappa shape index (κ3) is 3.20. The average molecular weight is 467 g/mol. The standard InChI is InChI=1S/C19H16F3N5O4S/c20-19(21,22)32(30,31)13-3-1-12(2-4-13)27-16(28)18(6-7-18)26(17(27)29)10-11-5-8-25-9-14(11)15(23)24/h1-5,8-9H,6-7,10H2,(H3,23,24). The molecular formula is C19H16F3N5O4S. The molecule has 32 heavy (non-hydrogen) atoms. The Morgan fingerprint density at radius 2 is 1.78 bits per heavy atom. The highest BCUT2D eigenvalue weighted by Crippen LogP contribution is 2.50. The van der Waals surface area contributed by atoms with Crippen LogP contribution in [0.5, 0.6) is 0 Å². The maximum absolute atomic E-state index is 13.1. The maximum Gasteiger partial charge on any atom is 0.501 e. The number of anilines is 1. The molecule has 2 aliphatic rings. The van der Waals surface area contributed by atoms with Crippen LogP contribution in [0.15, 0.2) is 47.6 Å². The van der Waals surface area contributed by atoms with Crippen LogP contribution in [0, 0.1) is 5.41 Å². The first kappa shape index (κ1) is 21.7. The smallest absolute Gasteiger partial charge is 0.384 e. The van der Waals surface area contributed by atoms with Gasteiger partial charge in [-0.25, -0.2) is 18.1 Å². The number of amides is 3. The number of imide groups is 1. The van der Waals surface area contributed by atoms with Crippen LogP contribution in [-0.2, 0) is 21.2 Å². The van der Waals surface area contributed by atoms with Gasteiger partial charge >= 0.3 is 11.5 Å². The Morgan fingerprint density at radius 1 is 1.16 bits per heavy atom. The van der Waals surface area contributed by atoms with Crippen LogP contribution < -0.4 is 10.6 Å². The van der Waals surface area contributed by atoms with Gasteiger partial charge in [0.25, 0.3) is 15.7 Å². The molecule has 2 heterocycles. The first-order valence-electron chi connectivity index (χ1n) is 9.25. The zero-order chi connectivity index (χ0) is 23.5. The lowest BCUT2D eigenvalue weighted by Gasteiger charge is -2.22. The van der Waals surface area contributed by atoms with Crippen molar-refractivity contribution in [2.24, 2.45) is 5.73 Å². The summed E-state index contributed by atoms with van der Waals surface area (Å²) in [5.41, 5.74) is -0.225. The number of carbonyl (C=O) groups is 2. The number of nitrogens with zero attached hydrogens (tertiary/aromatic N) is 3. The highest BCUT2D eigenvalue weighted by atomic mass is 32.2. The van der Waals surface area contributed by atoms with Crippen LogP contribution in [0.2, 0.25) is 0 Å². The van der Waals surface area contributed by atoms with Crippen LogP contribution in [0.1, 0.15) is 24.0 Å². The normalized spacial score (nSPS) is 17.8. The number of nitrogens with two attached hydrogens (primary N) is 1. The Labute approximate surface area is 180 Å². The van der Waals surface area contributed by atoms with Gasteiger partial charge in [-0.2, -0.15) is 13.2 Å². The molecule has 13 heteroatoms. The van der Waals surface area contributed by atoms with Crippen LogP contribution in [0.4, 0.5) is 23.7 Å². The van der Waals surface area contributed by atoms with Crippen LogP contribution >= 0.6 is 0 Å². The van der Waals surface area contributed by atoms with Crippen molar-refractivity contribution in [2.75, 3.05) is 4.90 Å². The molecule has 4 rings (SSSR count). The summed E-state index contributed by atoms with van der Waals surface area (Å²) < 4.78 is 61.4. The average Bonchev–Trinajstić information content (AvgIpc) is 3.50. The van der Waals surface area contributed by atoms with E-state index >= 15 is 0 Å². The second kappa shape index (κ2) is 7.02. The summed E-state index contributed by atoms with van der Waals surface area (Å²) in [5.74, 6) is -0.804. The molecule has 0 bridgehead atoms. The fourth-order valence-corrected chi connectivity index (χ4v) is 4.41. The minimum Gasteiger partial charge on any atom is -0.384 e. The van der Waals surface area contributed by atoms with Gasteiger partial charge in [0.1, 0.15) is 11.4 Å². The number of rotatable bonds is 5. The molecule has 0 radical (unpaired) electrons. The van der Waals surface area contributed by atoms with E-state index in [4.69, 9.17) is 11.1 Å². The molecule has 0 atom stereocenters. The second-order valence-corrected chi connectivity index (χ2v) is 9.37. The SMILES string of the molecule is N=C(N)c1cnccc1CN1C(=O)N(c2ccc(S(=O)(=O)C(F)(F)F)cc2)C(=O)C12CC2. The number of urea groups is 1. The van der Waals surface area contributed by atoms with E-state index in [2.05, 4.69) is 4.98 Å². The zero-order valence-electron chi connectivity index (χ0n) is 16.3. The van der Waals surface area contributed by atoms with Gasteiger partial charge in [0.15, 0.2) is 0 Å². The monoisotopic (exact) mass is 467 g/mol. The summed E-state index contributed by atoms with van der Waals surface area (Å²) in [6.45, 7) is -0.0287. The van der Waals surface area contributed by atoms with Crippen molar-refractivity contribution in [1.29, 1.82) is 5.41 Å². The summed E-state index contributed by atoms with van der Waals surface area (Å²) in [6, 6.07) is 4.26. The highest BCUT2D eigenvalue weighted by Gasteiger charge is 2.65. The Hall–Kier alpha value is -3.48. The number of sulfone groups is 1. The molecule has 1 aromatic carbocycles. The first-order valence-corrected chi connectivity index (χ1v) is 10.7. The fraction of sp³-hybridized carbons (Fsp3) is 0.263. The lowest BCUT2D eigenvalue weighted by Crippen LogP contribution is -2.37. The van der Waals surface area contributed by atoms with E-state index < -0.39 is 37.7 Å². The van der Waals surface area contributed by atoms with Gasteiger partial charge in [-0.05, 0) is 48.7 Å². The van der Waals surface area contributed by atoms with E-state index in [0.717, 1.165) is 17.0 Å². The predicted molar refractivity (Wildman–Crippen MR) is 105 cm³/mol. The van der Waals surface area contributed by atoms with Crippen molar-refractivity contribution in [1.82, 2.24) is 9.88 Å². The first-order chi connectivity index (χ1) is 14.9. The van der Waals surface area contributed by atoms with Gasteiger partial charge in [0, 0.05) is 24.5 Å². The van der Waals surface area contributed by atoms with Crippen molar-refractivity contribution < 1.29 is 31.2 Å². The Balaban J connectivity index is 1.66. The van der Waals surface area contributed by atoms with Crippen molar-refractivity contribution in [3.63, 3.8) is 0 Å². The number of alkyl halides is 3. The number of benzene rings is 1. The number of hydrogen-bond acceptors (Lipinski definition) is 6. The maximum atomic E-state index is 13.1. The topological polar surface area (TPSA) is 138 Å². The van der Waals surface area contributed by atoms with Gasteiger partial charge in [-0.15, -0.1) is 0 Å². The molecule has 2 aromatic rings. The molecule has 2 fully saturated rings. The Kier molecular flexibility index (Phi) is 4.77.